The van der Waals surface area contributed by atoms with E-state index in [0.717, 1.165) is 4.47 Å². The molecule has 0 aliphatic rings. The number of carbonyl (C=O) groups is 1. The molecule has 0 fully saturated rings. The average Bonchev–Trinajstić information content (AvgIpc) is 2.30. The molecule has 18 heavy (non-hydrogen) atoms. The van der Waals surface area contributed by atoms with Crippen LogP contribution in [0.4, 0.5) is 5.69 Å². The van der Waals surface area contributed by atoms with E-state index in [2.05, 4.69) is 20.7 Å². The van der Waals surface area contributed by atoms with Crippen molar-refractivity contribution >= 4 is 37.4 Å². The molecule has 7 heteroatoms. The molecule has 0 spiro atoms. The van der Waals surface area contributed by atoms with Crippen LogP contribution in [-0.2, 0) is 25.1 Å². The van der Waals surface area contributed by atoms with Crippen LogP contribution < -0.4 is 5.73 Å². The zero-order valence-corrected chi connectivity index (χ0v) is 12.3. The van der Waals surface area contributed by atoms with Gasteiger partial charge in [0.05, 0.1) is 25.0 Å². The van der Waals surface area contributed by atoms with Crippen molar-refractivity contribution in [2.75, 3.05) is 18.6 Å². The zero-order valence-electron chi connectivity index (χ0n) is 9.85. The van der Waals surface area contributed by atoms with Crippen LogP contribution in [0.2, 0.25) is 0 Å². The number of methoxy groups -OCH3 is 1. The summed E-state index contributed by atoms with van der Waals surface area (Å²) in [4.78, 5) is 10.9. The van der Waals surface area contributed by atoms with Crippen LogP contribution in [0.5, 0.6) is 0 Å². The zero-order chi connectivity index (χ0) is 13.8. The fraction of sp³-hybridized carbons (Fsp3) is 0.364. The van der Waals surface area contributed by atoms with E-state index in [1.807, 2.05) is 0 Å². The summed E-state index contributed by atoms with van der Waals surface area (Å²) in [6, 6.07) is 4.97. The maximum atomic E-state index is 11.8. The van der Waals surface area contributed by atoms with Crippen molar-refractivity contribution in [1.82, 2.24) is 0 Å². The molecule has 100 valence electrons. The summed E-state index contributed by atoms with van der Waals surface area (Å²) in [5.74, 6) is -0.897. The number of ether oxygens (including phenoxy) is 1. The van der Waals surface area contributed by atoms with Crippen molar-refractivity contribution < 1.29 is 17.9 Å². The van der Waals surface area contributed by atoms with E-state index in [0.29, 0.717) is 11.3 Å². The highest BCUT2D eigenvalue weighted by Crippen LogP contribution is 2.21. The second-order valence-electron chi connectivity index (χ2n) is 3.77. The van der Waals surface area contributed by atoms with Gasteiger partial charge in [-0.3, -0.25) is 4.79 Å². The number of benzene rings is 1. The Balaban J connectivity index is 2.70. The quantitative estimate of drug-likeness (QED) is 0.651. The number of sulfone groups is 1. The molecule has 1 rings (SSSR count). The highest BCUT2D eigenvalue weighted by Gasteiger charge is 2.15. The lowest BCUT2D eigenvalue weighted by molar-refractivity contribution is -0.140. The molecule has 0 heterocycles. The molecule has 0 amide bonds. The summed E-state index contributed by atoms with van der Waals surface area (Å²) in [5.41, 5.74) is 6.75. The van der Waals surface area contributed by atoms with Gasteiger partial charge in [0, 0.05) is 10.2 Å². The van der Waals surface area contributed by atoms with Crippen molar-refractivity contribution in [1.29, 1.82) is 0 Å². The van der Waals surface area contributed by atoms with Gasteiger partial charge in [-0.1, -0.05) is 6.07 Å². The number of halogens is 1. The minimum absolute atomic E-state index is 0.134. The lowest BCUT2D eigenvalue weighted by Gasteiger charge is -2.06. The minimum atomic E-state index is -3.34. The molecule has 0 aliphatic heterocycles. The van der Waals surface area contributed by atoms with Crippen molar-refractivity contribution in [2.45, 2.75) is 12.2 Å². The van der Waals surface area contributed by atoms with Crippen LogP contribution in [0.3, 0.4) is 0 Å². The SMILES string of the molecule is COC(=O)CCS(=O)(=O)Cc1ccc(Br)c(N)c1. The standard InChI is InChI=1S/C11H14BrNO4S/c1-17-11(14)4-5-18(15,16)7-8-2-3-9(12)10(13)6-8/h2-3,6H,4-5,7,13H2,1H3. The lowest BCUT2D eigenvalue weighted by atomic mass is 10.2. The van der Waals surface area contributed by atoms with Crippen molar-refractivity contribution in [3.05, 3.63) is 28.2 Å². The first-order valence-corrected chi connectivity index (χ1v) is 7.76. The number of nitrogens with two attached hydrogens (primary N) is 1. The van der Waals surface area contributed by atoms with Gasteiger partial charge in [-0.25, -0.2) is 8.42 Å². The maximum absolute atomic E-state index is 11.8. The van der Waals surface area contributed by atoms with E-state index in [9.17, 15) is 13.2 Å². The molecule has 1 aromatic rings. The van der Waals surface area contributed by atoms with Gasteiger partial charge in [-0.2, -0.15) is 0 Å². The Labute approximate surface area is 114 Å². The molecule has 5 nitrogen and oxygen atoms in total. The number of hydrogen-bond acceptors (Lipinski definition) is 5. The first-order chi connectivity index (χ1) is 8.34. The molecule has 0 bridgehead atoms. The molecule has 0 atom stereocenters. The minimum Gasteiger partial charge on any atom is -0.469 e. The smallest absolute Gasteiger partial charge is 0.306 e. The van der Waals surface area contributed by atoms with E-state index < -0.39 is 15.8 Å². The van der Waals surface area contributed by atoms with Gasteiger partial charge in [-0.15, -0.1) is 0 Å². The van der Waals surface area contributed by atoms with Gasteiger partial charge in [0.2, 0.25) is 0 Å². The molecule has 0 aliphatic carbocycles. The second-order valence-corrected chi connectivity index (χ2v) is 6.81. The fourth-order valence-corrected chi connectivity index (χ4v) is 2.91. The van der Waals surface area contributed by atoms with Crippen LogP contribution >= 0.6 is 15.9 Å². The van der Waals surface area contributed by atoms with Crippen LogP contribution in [0.15, 0.2) is 22.7 Å². The molecule has 0 aromatic heterocycles. The summed E-state index contributed by atoms with van der Waals surface area (Å²) < 4.78 is 28.6. The largest absolute Gasteiger partial charge is 0.469 e. The predicted molar refractivity (Wildman–Crippen MR) is 72.7 cm³/mol. The molecule has 0 unspecified atom stereocenters. The number of nitrogen functional groups attached to an aromatic ring is 1. The predicted octanol–water partition coefficient (Wildman–Crippen LogP) is 1.51. The molecule has 0 saturated carbocycles. The van der Waals surface area contributed by atoms with E-state index >= 15 is 0 Å². The molecular weight excluding hydrogens is 322 g/mol. The van der Waals surface area contributed by atoms with Crippen molar-refractivity contribution in [3.63, 3.8) is 0 Å². The third-order valence-corrected chi connectivity index (χ3v) is 4.61. The lowest BCUT2D eigenvalue weighted by Crippen LogP contribution is -2.14. The maximum Gasteiger partial charge on any atom is 0.306 e. The number of esters is 1. The highest BCUT2D eigenvalue weighted by molar-refractivity contribution is 9.10. The summed E-state index contributed by atoms with van der Waals surface area (Å²) in [7, 11) is -2.11. The second kappa shape index (κ2) is 6.19. The number of carbonyl (C=O) groups excluding carboxylic acids is 1. The van der Waals surface area contributed by atoms with Crippen LogP contribution in [0.1, 0.15) is 12.0 Å². The monoisotopic (exact) mass is 335 g/mol. The normalized spacial score (nSPS) is 11.2. The van der Waals surface area contributed by atoms with Gasteiger partial charge in [0.1, 0.15) is 0 Å². The third kappa shape index (κ3) is 4.66. The Morgan fingerprint density at radius 1 is 1.44 bits per heavy atom. The van der Waals surface area contributed by atoms with Gasteiger partial charge in [0.25, 0.3) is 0 Å². The van der Waals surface area contributed by atoms with Gasteiger partial charge in [0.15, 0.2) is 9.84 Å². The summed E-state index contributed by atoms with van der Waals surface area (Å²) in [6.07, 6.45) is -0.134. The topological polar surface area (TPSA) is 86.5 Å². The highest BCUT2D eigenvalue weighted by atomic mass is 79.9. The van der Waals surface area contributed by atoms with Gasteiger partial charge in [-0.05, 0) is 33.6 Å². The number of hydrogen-bond donors (Lipinski definition) is 1. The number of anilines is 1. The van der Waals surface area contributed by atoms with Crippen molar-refractivity contribution in [3.8, 4) is 0 Å². The van der Waals surface area contributed by atoms with E-state index in [-0.39, 0.29) is 17.9 Å². The molecular formula is C11H14BrNO4S. The summed E-state index contributed by atoms with van der Waals surface area (Å²) in [5, 5.41) is 0. The van der Waals surface area contributed by atoms with Gasteiger partial charge < -0.3 is 10.5 Å². The molecule has 1 aromatic carbocycles. The Bertz CT molecular complexity index is 542. The average molecular weight is 336 g/mol. The first-order valence-electron chi connectivity index (χ1n) is 5.15. The molecule has 0 saturated heterocycles. The van der Waals surface area contributed by atoms with Gasteiger partial charge >= 0.3 is 5.97 Å². The summed E-state index contributed by atoms with van der Waals surface area (Å²) >= 11 is 3.23. The van der Waals surface area contributed by atoms with E-state index in [1.54, 1.807) is 18.2 Å². The summed E-state index contributed by atoms with van der Waals surface area (Å²) in [6.45, 7) is 0. The van der Waals surface area contributed by atoms with E-state index in [4.69, 9.17) is 5.73 Å². The molecule has 0 radical (unpaired) electrons. The molecule has 2 N–H and O–H groups in total. The Kier molecular flexibility index (Phi) is 5.15. The Morgan fingerprint density at radius 2 is 2.11 bits per heavy atom. The third-order valence-electron chi connectivity index (χ3n) is 2.29. The first kappa shape index (κ1) is 15.0. The number of rotatable bonds is 5. The Hall–Kier alpha value is -1.08. The Morgan fingerprint density at radius 3 is 2.67 bits per heavy atom. The van der Waals surface area contributed by atoms with Crippen molar-refractivity contribution in [2.24, 2.45) is 0 Å². The van der Waals surface area contributed by atoms with Crippen LogP contribution in [0.25, 0.3) is 0 Å². The van der Waals surface area contributed by atoms with Crippen LogP contribution in [-0.4, -0.2) is 27.2 Å². The fourth-order valence-electron chi connectivity index (χ4n) is 1.35. The van der Waals surface area contributed by atoms with Crippen LogP contribution in [0, 0.1) is 0 Å². The van der Waals surface area contributed by atoms with E-state index in [1.165, 1.54) is 7.11 Å².